The zero-order chi connectivity index (χ0) is 19.6. The van der Waals surface area contributed by atoms with Gasteiger partial charge in [-0.1, -0.05) is 24.8 Å². The summed E-state index contributed by atoms with van der Waals surface area (Å²) in [4.78, 5) is 12.1. The lowest BCUT2D eigenvalue weighted by Gasteiger charge is -2.28. The summed E-state index contributed by atoms with van der Waals surface area (Å²) in [5.41, 5.74) is 15.0. The van der Waals surface area contributed by atoms with Gasteiger partial charge in [0.15, 0.2) is 0 Å². The number of nitrogens with one attached hydrogen (secondary N) is 1. The smallest absolute Gasteiger partial charge is 0.0903 e. The molecule has 0 aliphatic heterocycles. The molecule has 1 aromatic carbocycles. The molecule has 140 valence electrons. The number of rotatable bonds is 4. The molecule has 0 fully saturated rings. The summed E-state index contributed by atoms with van der Waals surface area (Å²) >= 11 is 0. The van der Waals surface area contributed by atoms with E-state index < -0.39 is 0 Å². The van der Waals surface area contributed by atoms with Gasteiger partial charge >= 0.3 is 0 Å². The van der Waals surface area contributed by atoms with Crippen LogP contribution in [0.3, 0.4) is 0 Å². The van der Waals surface area contributed by atoms with Gasteiger partial charge in [0, 0.05) is 47.5 Å². The van der Waals surface area contributed by atoms with Crippen LogP contribution in [0.4, 0.5) is 0 Å². The molecule has 2 heterocycles. The van der Waals surface area contributed by atoms with Crippen LogP contribution in [0.15, 0.2) is 66.6 Å². The highest BCUT2D eigenvalue weighted by molar-refractivity contribution is 5.73. The van der Waals surface area contributed by atoms with Gasteiger partial charge in [-0.2, -0.15) is 0 Å². The number of aliphatic imine (C=N–C) groups is 1. The zero-order valence-corrected chi connectivity index (χ0v) is 16.1. The van der Waals surface area contributed by atoms with Crippen LogP contribution < -0.4 is 16.3 Å². The van der Waals surface area contributed by atoms with Crippen molar-refractivity contribution in [3.05, 3.63) is 94.4 Å². The summed E-state index contributed by atoms with van der Waals surface area (Å²) in [7, 11) is 0. The Morgan fingerprint density at radius 3 is 2.93 bits per heavy atom. The van der Waals surface area contributed by atoms with Gasteiger partial charge < -0.3 is 10.7 Å². The molecule has 4 rings (SSSR count). The van der Waals surface area contributed by atoms with Gasteiger partial charge in [0.1, 0.15) is 0 Å². The number of nitrogens with zero attached hydrogens (tertiary/aromatic N) is 2. The van der Waals surface area contributed by atoms with Crippen molar-refractivity contribution in [3.8, 4) is 0 Å². The van der Waals surface area contributed by atoms with Crippen molar-refractivity contribution in [2.45, 2.75) is 25.2 Å². The van der Waals surface area contributed by atoms with E-state index in [0.29, 0.717) is 6.54 Å². The van der Waals surface area contributed by atoms with Gasteiger partial charge in [-0.15, -0.1) is 5.73 Å². The predicted octanol–water partition coefficient (Wildman–Crippen LogP) is 2.22. The van der Waals surface area contributed by atoms with Gasteiger partial charge in [-0.25, -0.2) is 0 Å². The van der Waals surface area contributed by atoms with Crippen molar-refractivity contribution in [2.75, 3.05) is 6.54 Å². The maximum absolute atomic E-state index is 6.33. The van der Waals surface area contributed by atoms with Gasteiger partial charge in [0.05, 0.1) is 11.0 Å². The van der Waals surface area contributed by atoms with Gasteiger partial charge in [0.25, 0.3) is 0 Å². The van der Waals surface area contributed by atoms with E-state index in [9.17, 15) is 0 Å². The average Bonchev–Trinajstić information content (AvgIpc) is 3.36. The molecular formula is C24H24N4. The highest BCUT2D eigenvalue weighted by atomic mass is 14.7. The highest BCUT2D eigenvalue weighted by Crippen LogP contribution is 2.39. The number of fused-ring (bicyclic) bond motifs is 1. The van der Waals surface area contributed by atoms with Crippen LogP contribution >= 0.6 is 0 Å². The van der Waals surface area contributed by atoms with Gasteiger partial charge in [-0.05, 0) is 54.7 Å². The summed E-state index contributed by atoms with van der Waals surface area (Å²) in [5.74, 6) is 0. The minimum absolute atomic E-state index is 0.103. The quantitative estimate of drug-likeness (QED) is 0.694. The topological polar surface area (TPSA) is 67.1 Å². The third-order valence-electron chi connectivity index (χ3n) is 5.64. The van der Waals surface area contributed by atoms with Crippen LogP contribution in [-0.4, -0.2) is 22.7 Å². The number of hydrogen-bond donors (Lipinski definition) is 2. The molecule has 0 amide bonds. The van der Waals surface area contributed by atoms with E-state index in [0.717, 1.165) is 34.7 Å². The third-order valence-corrected chi connectivity index (χ3v) is 5.64. The van der Waals surface area contributed by atoms with Crippen molar-refractivity contribution >= 4 is 17.6 Å². The minimum Gasteiger partial charge on any atom is -0.355 e. The van der Waals surface area contributed by atoms with E-state index >= 15 is 0 Å². The van der Waals surface area contributed by atoms with Crippen LogP contribution in [0.1, 0.15) is 29.2 Å². The molecule has 4 nitrogen and oxygen atoms in total. The second-order valence-corrected chi connectivity index (χ2v) is 7.24. The average molecular weight is 368 g/mol. The lowest BCUT2D eigenvalue weighted by atomic mass is 9.77. The second kappa shape index (κ2) is 7.43. The zero-order valence-electron chi connectivity index (χ0n) is 16.1. The fourth-order valence-corrected chi connectivity index (χ4v) is 4.18. The number of benzene rings is 1. The third kappa shape index (κ3) is 3.03. The van der Waals surface area contributed by atoms with E-state index in [2.05, 4.69) is 57.6 Å². The first kappa shape index (κ1) is 18.2. The minimum atomic E-state index is -0.103. The SMILES string of the molecule is C=C=c1[nH]cc/c1=C(/N=CC)c1cccc(C2(CN)Cc3ccncc3C2)c1. The van der Waals surface area contributed by atoms with Crippen LogP contribution in [0.2, 0.25) is 0 Å². The van der Waals surface area contributed by atoms with Crippen LogP contribution in [0.25, 0.3) is 11.4 Å². The Kier molecular flexibility index (Phi) is 4.82. The van der Waals surface area contributed by atoms with Gasteiger partial charge in [0.2, 0.25) is 0 Å². The number of hydrogen-bond acceptors (Lipinski definition) is 3. The molecule has 28 heavy (non-hydrogen) atoms. The lowest BCUT2D eigenvalue weighted by Crippen LogP contribution is -2.36. The van der Waals surface area contributed by atoms with E-state index in [4.69, 9.17) is 5.73 Å². The van der Waals surface area contributed by atoms with Crippen molar-refractivity contribution in [3.63, 3.8) is 0 Å². The predicted molar refractivity (Wildman–Crippen MR) is 115 cm³/mol. The van der Waals surface area contributed by atoms with E-state index in [1.807, 2.05) is 37.8 Å². The van der Waals surface area contributed by atoms with Gasteiger partial charge in [-0.3, -0.25) is 9.98 Å². The molecule has 3 aromatic rings. The van der Waals surface area contributed by atoms with Crippen LogP contribution in [0, 0.1) is 0 Å². The molecule has 3 N–H and O–H groups in total. The molecule has 1 aliphatic carbocycles. The molecule has 0 saturated heterocycles. The molecule has 1 unspecified atom stereocenters. The fourth-order valence-electron chi connectivity index (χ4n) is 4.18. The lowest BCUT2D eigenvalue weighted by molar-refractivity contribution is 0.463. The largest absolute Gasteiger partial charge is 0.355 e. The maximum atomic E-state index is 6.33. The first-order valence-corrected chi connectivity index (χ1v) is 9.50. The van der Waals surface area contributed by atoms with Crippen molar-refractivity contribution < 1.29 is 0 Å². The first-order chi connectivity index (χ1) is 13.7. The number of nitrogens with two attached hydrogens (primary N) is 1. The Labute approximate surface area is 164 Å². The van der Waals surface area contributed by atoms with E-state index in [1.165, 1.54) is 16.7 Å². The fraction of sp³-hybridized carbons (Fsp3) is 0.208. The molecular weight excluding hydrogens is 344 g/mol. The molecule has 0 bridgehead atoms. The summed E-state index contributed by atoms with van der Waals surface area (Å²) in [5, 5.41) is 1.84. The Morgan fingerprint density at radius 2 is 2.18 bits per heavy atom. The Hall–Kier alpha value is -3.20. The number of pyridine rings is 1. The standard InChI is InChI=1S/C24H24N4/c1-3-22-21(9-11-28-22)23(27-4-2)17-6-5-7-20(12-17)24(16-25)13-18-8-10-26-15-19(18)14-24/h4-12,15,28H,1,13-14,16,25H2,2H3/b23-21-,27-4?. The highest BCUT2D eigenvalue weighted by Gasteiger charge is 2.37. The number of H-pyrrole nitrogens is 1. The summed E-state index contributed by atoms with van der Waals surface area (Å²) in [6.07, 6.45) is 9.40. The van der Waals surface area contributed by atoms with E-state index in [-0.39, 0.29) is 5.41 Å². The van der Waals surface area contributed by atoms with E-state index in [1.54, 1.807) is 0 Å². The number of aromatic nitrogens is 2. The second-order valence-electron chi connectivity index (χ2n) is 7.24. The molecule has 0 radical (unpaired) electrons. The van der Waals surface area contributed by atoms with Crippen molar-refractivity contribution in [2.24, 2.45) is 10.7 Å². The van der Waals surface area contributed by atoms with Crippen molar-refractivity contribution in [1.82, 2.24) is 9.97 Å². The summed E-state index contributed by atoms with van der Waals surface area (Å²) < 4.78 is 0. The summed E-state index contributed by atoms with van der Waals surface area (Å²) in [6, 6.07) is 12.7. The molecule has 2 aromatic heterocycles. The Bertz CT molecular complexity index is 1150. The molecule has 0 saturated carbocycles. The maximum Gasteiger partial charge on any atom is 0.0903 e. The Morgan fingerprint density at radius 1 is 1.32 bits per heavy atom. The Balaban J connectivity index is 1.87. The monoisotopic (exact) mass is 368 g/mol. The molecule has 4 heteroatoms. The van der Waals surface area contributed by atoms with Crippen LogP contribution in [-0.2, 0) is 18.3 Å². The molecule has 0 spiro atoms. The summed E-state index contributed by atoms with van der Waals surface area (Å²) in [6.45, 7) is 6.30. The number of aromatic amines is 1. The van der Waals surface area contributed by atoms with Crippen LogP contribution in [0.5, 0.6) is 0 Å². The van der Waals surface area contributed by atoms with Crippen molar-refractivity contribution in [1.29, 1.82) is 0 Å². The first-order valence-electron chi connectivity index (χ1n) is 9.50. The molecule has 1 atom stereocenters. The normalized spacial score (nSPS) is 19.5. The molecule has 1 aliphatic rings.